The second kappa shape index (κ2) is 6.13. The van der Waals surface area contributed by atoms with E-state index in [4.69, 9.17) is 28.2 Å². The van der Waals surface area contributed by atoms with Gasteiger partial charge in [0.2, 0.25) is 0 Å². The molecule has 4 aromatic rings. The van der Waals surface area contributed by atoms with Gasteiger partial charge in [-0.1, -0.05) is 40.9 Å². The van der Waals surface area contributed by atoms with Gasteiger partial charge < -0.3 is 5.32 Å². The number of aromatic nitrogens is 2. The summed E-state index contributed by atoms with van der Waals surface area (Å²) in [6.45, 7) is 2.07. The summed E-state index contributed by atoms with van der Waals surface area (Å²) in [4.78, 5) is 5.75. The fourth-order valence-corrected chi connectivity index (χ4v) is 3.72. The van der Waals surface area contributed by atoms with Gasteiger partial charge in [0.05, 0.1) is 14.2 Å². The molecule has 3 aromatic heterocycles. The molecule has 0 amide bonds. The van der Waals surface area contributed by atoms with Crippen LogP contribution in [-0.2, 0) is 0 Å². The molecule has 120 valence electrons. The molecule has 0 unspecified atom stereocenters. The summed E-state index contributed by atoms with van der Waals surface area (Å²) >= 11 is 13.8. The first-order valence-electron chi connectivity index (χ1n) is 7.37. The zero-order valence-corrected chi connectivity index (χ0v) is 15.1. The number of hydrogen-bond acceptors (Lipinski definition) is 3. The van der Waals surface area contributed by atoms with Crippen LogP contribution >= 0.6 is 34.5 Å². The van der Waals surface area contributed by atoms with Crippen LogP contribution in [-0.4, -0.2) is 9.38 Å². The number of thiophene rings is 1. The molecule has 0 fully saturated rings. The molecule has 1 aromatic carbocycles. The minimum absolute atomic E-state index is 0.655. The lowest BCUT2D eigenvalue weighted by molar-refractivity contribution is 1.18. The van der Waals surface area contributed by atoms with Crippen molar-refractivity contribution in [2.75, 3.05) is 5.32 Å². The first kappa shape index (κ1) is 15.5. The lowest BCUT2D eigenvalue weighted by atomic mass is 10.2. The van der Waals surface area contributed by atoms with E-state index in [1.54, 1.807) is 0 Å². The van der Waals surface area contributed by atoms with Gasteiger partial charge >= 0.3 is 0 Å². The van der Waals surface area contributed by atoms with E-state index in [-0.39, 0.29) is 0 Å². The van der Waals surface area contributed by atoms with E-state index in [2.05, 4.69) is 24.4 Å². The van der Waals surface area contributed by atoms with Gasteiger partial charge in [0.1, 0.15) is 17.2 Å². The number of pyridine rings is 1. The zero-order chi connectivity index (χ0) is 16.7. The van der Waals surface area contributed by atoms with Gasteiger partial charge in [-0.15, -0.1) is 11.3 Å². The number of rotatable bonds is 3. The summed E-state index contributed by atoms with van der Waals surface area (Å²) in [6, 6.07) is 15.8. The van der Waals surface area contributed by atoms with Crippen LogP contribution < -0.4 is 5.32 Å². The predicted octanol–water partition coefficient (Wildman–Crippen LogP) is 6.42. The molecular weight excluding hydrogens is 361 g/mol. The Morgan fingerprint density at radius 1 is 1.00 bits per heavy atom. The van der Waals surface area contributed by atoms with Gasteiger partial charge in [0.15, 0.2) is 0 Å². The molecule has 6 heteroatoms. The molecule has 0 aliphatic carbocycles. The topological polar surface area (TPSA) is 29.3 Å². The maximum Gasteiger partial charge on any atom is 0.144 e. The Kier molecular flexibility index (Phi) is 3.96. The molecule has 0 aliphatic heterocycles. The van der Waals surface area contributed by atoms with Crippen molar-refractivity contribution in [1.82, 2.24) is 9.38 Å². The van der Waals surface area contributed by atoms with Crippen molar-refractivity contribution in [1.29, 1.82) is 0 Å². The molecule has 0 atom stereocenters. The third kappa shape index (κ3) is 2.88. The van der Waals surface area contributed by atoms with Crippen molar-refractivity contribution in [3.63, 3.8) is 0 Å². The third-order valence-corrected chi connectivity index (χ3v) is 5.16. The Hall–Kier alpha value is -2.01. The monoisotopic (exact) mass is 373 g/mol. The Balaban J connectivity index is 1.89. The smallest absolute Gasteiger partial charge is 0.144 e. The molecule has 0 radical (unpaired) electrons. The van der Waals surface area contributed by atoms with E-state index in [1.807, 2.05) is 47.0 Å². The standard InChI is InChI=1S/C18H13Cl2N3S/c1-11-2-5-13(6-3-11)21-18-17(14-7-8-15(20)24-14)22-16-9-4-12(19)10-23(16)18/h2-10,21H,1H3. The number of aryl methyl sites for hydroxylation is 1. The Bertz CT molecular complexity index is 1020. The highest BCUT2D eigenvalue weighted by Crippen LogP contribution is 2.37. The van der Waals surface area contributed by atoms with Crippen molar-refractivity contribution in [3.8, 4) is 10.6 Å². The van der Waals surface area contributed by atoms with Crippen LogP contribution in [0.5, 0.6) is 0 Å². The molecule has 3 heterocycles. The zero-order valence-electron chi connectivity index (χ0n) is 12.8. The molecule has 4 rings (SSSR count). The largest absolute Gasteiger partial charge is 0.339 e. The number of nitrogens with zero attached hydrogens (tertiary/aromatic N) is 2. The number of nitrogens with one attached hydrogen (secondary N) is 1. The van der Waals surface area contributed by atoms with Crippen LogP contribution in [0.1, 0.15) is 5.56 Å². The van der Waals surface area contributed by atoms with Gasteiger partial charge in [-0.2, -0.15) is 0 Å². The van der Waals surface area contributed by atoms with Crippen LogP contribution in [0.15, 0.2) is 54.7 Å². The summed E-state index contributed by atoms with van der Waals surface area (Å²) in [6.07, 6.45) is 1.86. The Labute approximate surface area is 153 Å². The molecule has 1 N–H and O–H groups in total. The van der Waals surface area contributed by atoms with Crippen molar-refractivity contribution in [3.05, 3.63) is 69.7 Å². The molecule has 24 heavy (non-hydrogen) atoms. The molecular formula is C18H13Cl2N3S. The number of fused-ring (bicyclic) bond motifs is 1. The second-order valence-corrected chi connectivity index (χ2v) is 7.63. The van der Waals surface area contributed by atoms with Gasteiger partial charge in [0, 0.05) is 11.9 Å². The van der Waals surface area contributed by atoms with E-state index >= 15 is 0 Å². The fraction of sp³-hybridized carbons (Fsp3) is 0.0556. The highest BCUT2D eigenvalue weighted by molar-refractivity contribution is 7.19. The number of halogens is 2. The fourth-order valence-electron chi connectivity index (χ4n) is 2.53. The highest BCUT2D eigenvalue weighted by Gasteiger charge is 2.16. The minimum atomic E-state index is 0.655. The molecule has 0 aliphatic rings. The summed E-state index contributed by atoms with van der Waals surface area (Å²) in [5, 5.41) is 4.12. The summed E-state index contributed by atoms with van der Waals surface area (Å²) in [5.74, 6) is 0.870. The Morgan fingerprint density at radius 2 is 1.79 bits per heavy atom. The van der Waals surface area contributed by atoms with Gasteiger partial charge in [-0.05, 0) is 43.3 Å². The van der Waals surface area contributed by atoms with Crippen molar-refractivity contribution < 1.29 is 0 Å². The molecule has 3 nitrogen and oxygen atoms in total. The van der Waals surface area contributed by atoms with E-state index in [0.717, 1.165) is 32.1 Å². The van der Waals surface area contributed by atoms with E-state index in [1.165, 1.54) is 16.9 Å². The van der Waals surface area contributed by atoms with Gasteiger partial charge in [-0.25, -0.2) is 4.98 Å². The number of anilines is 2. The van der Waals surface area contributed by atoms with Crippen molar-refractivity contribution in [2.24, 2.45) is 0 Å². The van der Waals surface area contributed by atoms with Crippen LogP contribution in [0.25, 0.3) is 16.2 Å². The molecule has 0 saturated heterocycles. The lowest BCUT2D eigenvalue weighted by Crippen LogP contribution is -1.96. The summed E-state index contributed by atoms with van der Waals surface area (Å²) in [5.41, 5.74) is 3.89. The lowest BCUT2D eigenvalue weighted by Gasteiger charge is -2.08. The normalized spacial score (nSPS) is 11.1. The molecule has 0 saturated carbocycles. The average Bonchev–Trinajstić information content (AvgIpc) is 3.14. The first-order chi connectivity index (χ1) is 11.6. The maximum atomic E-state index is 6.18. The Morgan fingerprint density at radius 3 is 2.50 bits per heavy atom. The van der Waals surface area contributed by atoms with E-state index in [9.17, 15) is 0 Å². The van der Waals surface area contributed by atoms with Crippen molar-refractivity contribution >= 4 is 51.7 Å². The molecule has 0 bridgehead atoms. The summed E-state index contributed by atoms with van der Waals surface area (Å²) < 4.78 is 2.70. The quantitative estimate of drug-likeness (QED) is 0.448. The second-order valence-electron chi connectivity index (χ2n) is 5.48. The van der Waals surface area contributed by atoms with E-state index in [0.29, 0.717) is 5.02 Å². The van der Waals surface area contributed by atoms with Gasteiger partial charge in [-0.3, -0.25) is 4.40 Å². The maximum absolute atomic E-state index is 6.18. The van der Waals surface area contributed by atoms with Crippen LogP contribution in [0, 0.1) is 6.92 Å². The number of hydrogen-bond donors (Lipinski definition) is 1. The van der Waals surface area contributed by atoms with Crippen molar-refractivity contribution in [2.45, 2.75) is 6.92 Å². The number of benzene rings is 1. The average molecular weight is 374 g/mol. The summed E-state index contributed by atoms with van der Waals surface area (Å²) in [7, 11) is 0. The van der Waals surface area contributed by atoms with Crippen LogP contribution in [0.3, 0.4) is 0 Å². The number of imidazole rings is 1. The van der Waals surface area contributed by atoms with Crippen LogP contribution in [0.2, 0.25) is 9.36 Å². The predicted molar refractivity (Wildman–Crippen MR) is 103 cm³/mol. The molecule has 0 spiro atoms. The van der Waals surface area contributed by atoms with E-state index < -0.39 is 0 Å². The van der Waals surface area contributed by atoms with Crippen LogP contribution in [0.4, 0.5) is 11.5 Å². The minimum Gasteiger partial charge on any atom is -0.339 e. The third-order valence-electron chi connectivity index (χ3n) is 3.70. The first-order valence-corrected chi connectivity index (χ1v) is 8.94. The SMILES string of the molecule is Cc1ccc(Nc2c(-c3ccc(Cl)s3)nc3ccc(Cl)cn23)cc1. The highest BCUT2D eigenvalue weighted by atomic mass is 35.5. The van der Waals surface area contributed by atoms with Gasteiger partial charge in [0.25, 0.3) is 0 Å².